The molecule has 1 N–H and O–H groups in total. The van der Waals surface area contributed by atoms with Gasteiger partial charge in [0, 0.05) is 18.0 Å². The van der Waals surface area contributed by atoms with Gasteiger partial charge in [0.2, 0.25) is 11.8 Å². The summed E-state index contributed by atoms with van der Waals surface area (Å²) in [6.45, 7) is 4.85. The molecule has 1 aliphatic heterocycles. The van der Waals surface area contributed by atoms with E-state index in [2.05, 4.69) is 12.2 Å². The van der Waals surface area contributed by atoms with Gasteiger partial charge in [0.15, 0.2) is 0 Å². The van der Waals surface area contributed by atoms with Crippen molar-refractivity contribution in [3.63, 3.8) is 0 Å². The number of amides is 2. The van der Waals surface area contributed by atoms with E-state index in [0.29, 0.717) is 6.04 Å². The first-order valence-electron chi connectivity index (χ1n) is 10.1. The molecule has 5 aliphatic rings. The van der Waals surface area contributed by atoms with Gasteiger partial charge in [-0.05, 0) is 89.4 Å². The van der Waals surface area contributed by atoms with Crippen molar-refractivity contribution in [2.45, 2.75) is 83.7 Å². The Morgan fingerprint density at radius 3 is 2.17 bits per heavy atom. The maximum atomic E-state index is 13.1. The molecule has 1 saturated heterocycles. The van der Waals surface area contributed by atoms with E-state index in [1.165, 1.54) is 25.7 Å². The molecule has 0 radical (unpaired) electrons. The van der Waals surface area contributed by atoms with Crippen molar-refractivity contribution >= 4 is 11.8 Å². The molecule has 5 rings (SSSR count). The lowest BCUT2D eigenvalue weighted by atomic mass is 9.49. The second kappa shape index (κ2) is 6.03. The van der Waals surface area contributed by atoms with Gasteiger partial charge in [-0.15, -0.1) is 0 Å². The number of nitrogens with one attached hydrogen (secondary N) is 1. The number of hydrogen-bond acceptors (Lipinski definition) is 2. The summed E-state index contributed by atoms with van der Waals surface area (Å²) in [7, 11) is 0. The van der Waals surface area contributed by atoms with Crippen molar-refractivity contribution in [2.24, 2.45) is 23.2 Å². The summed E-state index contributed by atoms with van der Waals surface area (Å²) >= 11 is 0. The van der Waals surface area contributed by atoms with Crippen LogP contribution in [-0.2, 0) is 9.59 Å². The summed E-state index contributed by atoms with van der Waals surface area (Å²) in [6.07, 6.45) is 10.6. The highest BCUT2D eigenvalue weighted by Crippen LogP contribution is 2.60. The summed E-state index contributed by atoms with van der Waals surface area (Å²) in [5.41, 5.74) is -0.156. The predicted octanol–water partition coefficient (Wildman–Crippen LogP) is 3.11. The van der Waals surface area contributed by atoms with E-state index < -0.39 is 0 Å². The molecule has 5 fully saturated rings. The maximum absolute atomic E-state index is 13.1. The number of nitrogens with zero attached hydrogens (tertiary/aromatic N) is 1. The SMILES string of the molecule is C[C@H](NC(=O)C12CC3CC(CC(C3)C1)C2)C(=O)N1CCCC[C@@H]1C. The fraction of sp³-hybridized carbons (Fsp3) is 0.900. The topological polar surface area (TPSA) is 49.4 Å². The van der Waals surface area contributed by atoms with Crippen molar-refractivity contribution in [3.05, 3.63) is 0 Å². The van der Waals surface area contributed by atoms with E-state index in [0.717, 1.165) is 56.4 Å². The maximum Gasteiger partial charge on any atom is 0.245 e. The Hall–Kier alpha value is -1.06. The van der Waals surface area contributed by atoms with Gasteiger partial charge < -0.3 is 10.2 Å². The lowest BCUT2D eigenvalue weighted by Crippen LogP contribution is -2.58. The Bertz CT molecular complexity index is 494. The van der Waals surface area contributed by atoms with Crippen LogP contribution >= 0.6 is 0 Å². The van der Waals surface area contributed by atoms with Crippen LogP contribution in [0.5, 0.6) is 0 Å². The van der Waals surface area contributed by atoms with Gasteiger partial charge in [-0.2, -0.15) is 0 Å². The highest BCUT2D eigenvalue weighted by molar-refractivity contribution is 5.90. The number of hydrogen-bond donors (Lipinski definition) is 1. The molecule has 1 heterocycles. The predicted molar refractivity (Wildman–Crippen MR) is 93.2 cm³/mol. The van der Waals surface area contributed by atoms with Crippen LogP contribution in [0.15, 0.2) is 0 Å². The molecule has 4 nitrogen and oxygen atoms in total. The minimum absolute atomic E-state index is 0.111. The Labute approximate surface area is 145 Å². The molecule has 4 bridgehead atoms. The number of carbonyl (C=O) groups is 2. The molecule has 0 aromatic carbocycles. The highest BCUT2D eigenvalue weighted by atomic mass is 16.2. The Morgan fingerprint density at radius 2 is 1.62 bits per heavy atom. The van der Waals surface area contributed by atoms with Crippen LogP contribution in [0.4, 0.5) is 0 Å². The molecule has 4 saturated carbocycles. The monoisotopic (exact) mass is 332 g/mol. The molecular formula is C20H32N2O2. The van der Waals surface area contributed by atoms with E-state index in [4.69, 9.17) is 0 Å². The van der Waals surface area contributed by atoms with Gasteiger partial charge in [-0.1, -0.05) is 0 Å². The lowest BCUT2D eigenvalue weighted by Gasteiger charge is -2.55. The van der Waals surface area contributed by atoms with E-state index in [1.807, 2.05) is 11.8 Å². The summed E-state index contributed by atoms with van der Waals surface area (Å²) in [5.74, 6) is 2.56. The van der Waals surface area contributed by atoms with Crippen molar-refractivity contribution in [1.29, 1.82) is 0 Å². The Kier molecular flexibility index (Phi) is 4.12. The average Bonchev–Trinajstić information content (AvgIpc) is 2.53. The standard InChI is InChI=1S/C20H32N2O2/c1-13-5-3-4-6-22(13)18(23)14(2)21-19(24)20-10-15-7-16(11-20)9-17(8-15)12-20/h13-17H,3-12H2,1-2H3,(H,21,24)/t13-,14-,15?,16?,17?,20?/m0/s1. The van der Waals surface area contributed by atoms with E-state index in [9.17, 15) is 9.59 Å². The zero-order valence-electron chi connectivity index (χ0n) is 15.2. The number of carbonyl (C=O) groups excluding carboxylic acids is 2. The van der Waals surface area contributed by atoms with E-state index in [1.54, 1.807) is 0 Å². The lowest BCUT2D eigenvalue weighted by molar-refractivity contribution is -0.150. The highest BCUT2D eigenvalue weighted by Gasteiger charge is 2.54. The van der Waals surface area contributed by atoms with Gasteiger partial charge in [-0.25, -0.2) is 0 Å². The van der Waals surface area contributed by atoms with Gasteiger partial charge in [0.05, 0.1) is 0 Å². The second-order valence-electron chi connectivity index (χ2n) is 9.27. The molecule has 0 aromatic heterocycles. The average molecular weight is 332 g/mol. The minimum Gasteiger partial charge on any atom is -0.344 e. The van der Waals surface area contributed by atoms with Crippen LogP contribution < -0.4 is 5.32 Å². The van der Waals surface area contributed by atoms with Crippen LogP contribution in [0.2, 0.25) is 0 Å². The van der Waals surface area contributed by atoms with E-state index >= 15 is 0 Å². The van der Waals surface area contributed by atoms with Crippen LogP contribution in [0.1, 0.15) is 71.6 Å². The van der Waals surface area contributed by atoms with E-state index in [-0.39, 0.29) is 23.3 Å². The zero-order valence-corrected chi connectivity index (χ0v) is 15.2. The second-order valence-corrected chi connectivity index (χ2v) is 9.27. The fourth-order valence-corrected chi connectivity index (χ4v) is 6.47. The third kappa shape index (κ3) is 2.76. The van der Waals surface area contributed by atoms with Crippen LogP contribution in [0.3, 0.4) is 0 Å². The largest absolute Gasteiger partial charge is 0.344 e. The fourth-order valence-electron chi connectivity index (χ4n) is 6.47. The van der Waals surface area contributed by atoms with Gasteiger partial charge >= 0.3 is 0 Å². The summed E-state index contributed by atoms with van der Waals surface area (Å²) in [5, 5.41) is 3.12. The third-order valence-electron chi connectivity index (χ3n) is 7.32. The molecule has 0 spiro atoms. The molecule has 0 aromatic rings. The molecule has 24 heavy (non-hydrogen) atoms. The first-order chi connectivity index (χ1) is 11.5. The normalized spacial score (nSPS) is 42.0. The summed E-state index contributed by atoms with van der Waals surface area (Å²) < 4.78 is 0. The molecular weight excluding hydrogens is 300 g/mol. The van der Waals surface area contributed by atoms with Crippen molar-refractivity contribution in [3.8, 4) is 0 Å². The van der Waals surface area contributed by atoms with Gasteiger partial charge in [0.1, 0.15) is 6.04 Å². The summed E-state index contributed by atoms with van der Waals surface area (Å²) in [6, 6.07) is -0.0730. The van der Waals surface area contributed by atoms with Crippen LogP contribution in [0, 0.1) is 23.2 Å². The Balaban J connectivity index is 1.41. The molecule has 2 amide bonds. The molecule has 134 valence electrons. The molecule has 0 unspecified atom stereocenters. The smallest absolute Gasteiger partial charge is 0.245 e. The number of likely N-dealkylation sites (tertiary alicyclic amines) is 1. The molecule has 4 heteroatoms. The first kappa shape index (κ1) is 16.4. The molecule has 4 aliphatic carbocycles. The van der Waals surface area contributed by atoms with Crippen LogP contribution in [-0.4, -0.2) is 35.3 Å². The Morgan fingerprint density at radius 1 is 1.04 bits per heavy atom. The van der Waals surface area contributed by atoms with Crippen molar-refractivity contribution < 1.29 is 9.59 Å². The van der Waals surface area contributed by atoms with Crippen molar-refractivity contribution in [1.82, 2.24) is 10.2 Å². The number of rotatable bonds is 3. The van der Waals surface area contributed by atoms with Crippen molar-refractivity contribution in [2.75, 3.05) is 6.54 Å². The molecule has 2 atom stereocenters. The quantitative estimate of drug-likeness (QED) is 0.863. The zero-order chi connectivity index (χ0) is 16.9. The first-order valence-corrected chi connectivity index (χ1v) is 10.1. The minimum atomic E-state index is -0.383. The number of piperidine rings is 1. The van der Waals surface area contributed by atoms with Gasteiger partial charge in [-0.3, -0.25) is 9.59 Å². The van der Waals surface area contributed by atoms with Crippen LogP contribution in [0.25, 0.3) is 0 Å². The third-order valence-corrected chi connectivity index (χ3v) is 7.32. The summed E-state index contributed by atoms with van der Waals surface area (Å²) in [4.78, 5) is 27.9. The van der Waals surface area contributed by atoms with Gasteiger partial charge in [0.25, 0.3) is 0 Å².